The van der Waals surface area contributed by atoms with E-state index in [2.05, 4.69) is 68.1 Å². The van der Waals surface area contributed by atoms with Gasteiger partial charge in [-0.05, 0) is 58.9 Å². The SMILES string of the molecule is CC(C)(C)[C@@]1(O)CCN2CC3c4ccccc4CCc4cccc(c43)C2C1.Cl. The van der Waals surface area contributed by atoms with Crippen LogP contribution in [0.4, 0.5) is 0 Å². The molecule has 3 heteroatoms. The second kappa shape index (κ2) is 6.86. The summed E-state index contributed by atoms with van der Waals surface area (Å²) in [6, 6.07) is 16.3. The van der Waals surface area contributed by atoms with Crippen molar-refractivity contribution in [3.05, 3.63) is 70.3 Å². The Balaban J connectivity index is 0.00000192. The van der Waals surface area contributed by atoms with Gasteiger partial charge in [-0.1, -0.05) is 63.2 Å². The molecule has 1 saturated heterocycles. The summed E-state index contributed by atoms with van der Waals surface area (Å²) in [4.78, 5) is 2.65. The number of hydrogen-bond acceptors (Lipinski definition) is 2. The third-order valence-electron chi connectivity index (χ3n) is 7.63. The van der Waals surface area contributed by atoms with Crippen LogP contribution in [0.5, 0.6) is 0 Å². The molecule has 5 rings (SSSR count). The van der Waals surface area contributed by atoms with Crippen molar-refractivity contribution < 1.29 is 5.11 Å². The number of piperidine rings is 1. The minimum atomic E-state index is -0.591. The van der Waals surface area contributed by atoms with Gasteiger partial charge in [-0.3, -0.25) is 4.90 Å². The van der Waals surface area contributed by atoms with Gasteiger partial charge < -0.3 is 5.11 Å². The lowest BCUT2D eigenvalue weighted by Crippen LogP contribution is -2.55. The molecule has 2 aromatic carbocycles. The first-order valence-corrected chi connectivity index (χ1v) is 10.5. The minimum Gasteiger partial charge on any atom is -0.389 e. The van der Waals surface area contributed by atoms with Gasteiger partial charge in [-0.2, -0.15) is 0 Å². The van der Waals surface area contributed by atoms with E-state index in [0.717, 1.165) is 38.8 Å². The summed E-state index contributed by atoms with van der Waals surface area (Å²) in [6.45, 7) is 8.65. The monoisotopic (exact) mass is 397 g/mol. The smallest absolute Gasteiger partial charge is 0.0726 e. The van der Waals surface area contributed by atoms with Crippen LogP contribution in [-0.2, 0) is 12.8 Å². The number of nitrogens with zero attached hydrogens (tertiary/aromatic N) is 1. The molecule has 0 spiro atoms. The highest BCUT2D eigenvalue weighted by Crippen LogP contribution is 2.51. The Kier molecular flexibility index (Phi) is 4.89. The van der Waals surface area contributed by atoms with Crippen LogP contribution in [0, 0.1) is 5.41 Å². The van der Waals surface area contributed by atoms with E-state index in [0.29, 0.717) is 12.0 Å². The molecule has 2 unspecified atom stereocenters. The van der Waals surface area contributed by atoms with Crippen LogP contribution >= 0.6 is 12.4 Å². The Morgan fingerprint density at radius 2 is 1.64 bits per heavy atom. The molecule has 150 valence electrons. The molecule has 1 N–H and O–H groups in total. The van der Waals surface area contributed by atoms with Crippen molar-refractivity contribution in [3.63, 3.8) is 0 Å². The summed E-state index contributed by atoms with van der Waals surface area (Å²) in [5, 5.41) is 11.5. The van der Waals surface area contributed by atoms with Crippen molar-refractivity contribution in [2.75, 3.05) is 13.1 Å². The Bertz CT molecular complexity index is 886. The maximum absolute atomic E-state index is 11.5. The average molecular weight is 398 g/mol. The topological polar surface area (TPSA) is 23.5 Å². The molecule has 0 radical (unpaired) electrons. The molecule has 2 heterocycles. The van der Waals surface area contributed by atoms with E-state index in [1.807, 2.05) is 0 Å². The van der Waals surface area contributed by atoms with Crippen molar-refractivity contribution in [2.45, 2.75) is 64.0 Å². The first-order chi connectivity index (χ1) is 12.9. The number of aliphatic hydroxyl groups is 1. The summed E-state index contributed by atoms with van der Waals surface area (Å²) >= 11 is 0. The number of benzene rings is 2. The second-order valence-electron chi connectivity index (χ2n) is 9.92. The number of hydrogen-bond donors (Lipinski definition) is 1. The van der Waals surface area contributed by atoms with Crippen molar-refractivity contribution in [1.82, 2.24) is 4.90 Å². The lowest BCUT2D eigenvalue weighted by atomic mass is 9.66. The summed E-state index contributed by atoms with van der Waals surface area (Å²) < 4.78 is 0. The lowest BCUT2D eigenvalue weighted by molar-refractivity contribution is -0.119. The molecule has 0 bridgehead atoms. The molecule has 3 aliphatic rings. The number of fused-ring (bicyclic) bond motifs is 4. The van der Waals surface area contributed by atoms with Crippen LogP contribution in [-0.4, -0.2) is 28.7 Å². The number of rotatable bonds is 0. The number of aryl methyl sites for hydroxylation is 2. The van der Waals surface area contributed by atoms with Crippen molar-refractivity contribution in [1.29, 1.82) is 0 Å². The molecule has 0 saturated carbocycles. The summed E-state index contributed by atoms with van der Waals surface area (Å²) in [6.07, 6.45) is 3.99. The third kappa shape index (κ3) is 2.93. The zero-order valence-electron chi connectivity index (χ0n) is 17.2. The molecule has 0 amide bonds. The van der Waals surface area contributed by atoms with Crippen LogP contribution in [0.15, 0.2) is 42.5 Å². The lowest BCUT2D eigenvalue weighted by Gasteiger charge is -2.53. The maximum atomic E-state index is 11.5. The van der Waals surface area contributed by atoms with Crippen LogP contribution in [0.3, 0.4) is 0 Å². The molecule has 0 aromatic heterocycles. The molecule has 1 aliphatic carbocycles. The van der Waals surface area contributed by atoms with E-state index < -0.39 is 5.60 Å². The molecular formula is C25H32ClNO. The predicted molar refractivity (Wildman–Crippen MR) is 117 cm³/mol. The standard InChI is InChI=1S/C25H31NO.ClH/c1-24(2,3)25(27)13-14-26-16-21-19-9-5-4-7-17(19)11-12-18-8-6-10-20(23(18)21)22(26)15-25;/h4-10,21-22,27H,11-16H2,1-3H3;1H/t21?,22?,25-;/m1./s1. The van der Waals surface area contributed by atoms with E-state index in [1.54, 1.807) is 5.56 Å². The molecular weight excluding hydrogens is 366 g/mol. The predicted octanol–water partition coefficient (Wildman–Crippen LogP) is 5.27. The van der Waals surface area contributed by atoms with Crippen LogP contribution < -0.4 is 0 Å². The first-order valence-electron chi connectivity index (χ1n) is 10.5. The zero-order valence-corrected chi connectivity index (χ0v) is 18.1. The van der Waals surface area contributed by atoms with E-state index in [1.165, 1.54) is 22.3 Å². The Labute approximate surface area is 175 Å². The van der Waals surface area contributed by atoms with Gasteiger partial charge in [0.15, 0.2) is 0 Å². The van der Waals surface area contributed by atoms with Crippen LogP contribution in [0.25, 0.3) is 0 Å². The van der Waals surface area contributed by atoms with Gasteiger partial charge in [0, 0.05) is 25.0 Å². The Morgan fingerprint density at radius 3 is 2.43 bits per heavy atom. The normalized spacial score (nSPS) is 29.0. The van der Waals surface area contributed by atoms with Crippen LogP contribution in [0.1, 0.15) is 73.4 Å². The molecule has 2 nitrogen and oxygen atoms in total. The Morgan fingerprint density at radius 1 is 0.964 bits per heavy atom. The van der Waals surface area contributed by atoms with Gasteiger partial charge in [0.25, 0.3) is 0 Å². The van der Waals surface area contributed by atoms with Gasteiger partial charge in [-0.15, -0.1) is 12.4 Å². The molecule has 28 heavy (non-hydrogen) atoms. The highest BCUT2D eigenvalue weighted by molar-refractivity contribution is 5.85. The quantitative estimate of drug-likeness (QED) is 0.654. The summed E-state index contributed by atoms with van der Waals surface area (Å²) in [7, 11) is 0. The first kappa shape index (κ1) is 19.9. The van der Waals surface area contributed by atoms with E-state index >= 15 is 0 Å². The average Bonchev–Trinajstić information content (AvgIpc) is 2.80. The van der Waals surface area contributed by atoms with Crippen molar-refractivity contribution >= 4 is 12.4 Å². The Hall–Kier alpha value is -1.35. The van der Waals surface area contributed by atoms with E-state index in [4.69, 9.17) is 0 Å². The highest BCUT2D eigenvalue weighted by Gasteiger charge is 2.49. The molecule has 2 aliphatic heterocycles. The molecule has 2 aromatic rings. The van der Waals surface area contributed by atoms with Gasteiger partial charge in [0.1, 0.15) is 0 Å². The fourth-order valence-electron chi connectivity index (χ4n) is 5.76. The summed E-state index contributed by atoms with van der Waals surface area (Å²) in [5.41, 5.74) is 6.94. The molecule has 3 atom stereocenters. The van der Waals surface area contributed by atoms with Crippen molar-refractivity contribution in [2.24, 2.45) is 5.41 Å². The summed E-state index contributed by atoms with van der Waals surface area (Å²) in [5.74, 6) is 0.479. The van der Waals surface area contributed by atoms with Gasteiger partial charge >= 0.3 is 0 Å². The van der Waals surface area contributed by atoms with Crippen molar-refractivity contribution in [3.8, 4) is 0 Å². The largest absolute Gasteiger partial charge is 0.389 e. The number of halogens is 1. The second-order valence-corrected chi connectivity index (χ2v) is 9.92. The minimum absolute atomic E-state index is 0. The maximum Gasteiger partial charge on any atom is 0.0726 e. The van der Waals surface area contributed by atoms with Crippen LogP contribution in [0.2, 0.25) is 0 Å². The fourth-order valence-corrected chi connectivity index (χ4v) is 5.76. The van der Waals surface area contributed by atoms with Gasteiger partial charge in [0.05, 0.1) is 5.60 Å². The van der Waals surface area contributed by atoms with Gasteiger partial charge in [-0.25, -0.2) is 0 Å². The van der Waals surface area contributed by atoms with E-state index in [-0.39, 0.29) is 17.8 Å². The fraction of sp³-hybridized carbons (Fsp3) is 0.520. The van der Waals surface area contributed by atoms with E-state index in [9.17, 15) is 5.11 Å². The highest BCUT2D eigenvalue weighted by atomic mass is 35.5. The molecule has 1 fully saturated rings. The zero-order chi connectivity index (χ0) is 18.8. The third-order valence-corrected chi connectivity index (χ3v) is 7.63. The van der Waals surface area contributed by atoms with Gasteiger partial charge in [0.2, 0.25) is 0 Å².